The molecule has 0 radical (unpaired) electrons. The van der Waals surface area contributed by atoms with E-state index in [4.69, 9.17) is 15.9 Å². The molecule has 82 valence electrons. The fourth-order valence-electron chi connectivity index (χ4n) is 1.10. The minimum Gasteiger partial charge on any atom is -0.465 e. The van der Waals surface area contributed by atoms with Crippen LogP contribution in [0, 0.1) is 5.41 Å². The number of carbonyl (C=O) groups excluding carboxylic acids is 1. The number of carbonyl (C=O) groups is 1. The van der Waals surface area contributed by atoms with Gasteiger partial charge in [-0.3, -0.25) is 10.2 Å². The van der Waals surface area contributed by atoms with Gasteiger partial charge in [0.15, 0.2) is 0 Å². The van der Waals surface area contributed by atoms with Crippen molar-refractivity contribution in [2.24, 2.45) is 5.73 Å². The molecule has 0 aliphatic carbocycles. The number of nitrogens with one attached hydrogen (secondary N) is 1. The molecule has 0 saturated carbocycles. The fraction of sp³-hybridized carbons (Fsp3) is 0.800. The van der Waals surface area contributed by atoms with Gasteiger partial charge in [0.25, 0.3) is 0 Å². The molecule has 0 amide bonds. The molecule has 0 rings (SSSR count). The molecular weight excluding hydrogens is 180 g/mol. The van der Waals surface area contributed by atoms with E-state index in [1.165, 1.54) is 19.3 Å². The normalized spacial score (nSPS) is 9.79. The van der Waals surface area contributed by atoms with E-state index < -0.39 is 5.97 Å². The molecule has 4 nitrogen and oxygen atoms in total. The molecule has 3 N–H and O–H groups in total. The zero-order valence-electron chi connectivity index (χ0n) is 8.84. The monoisotopic (exact) mass is 200 g/mol. The van der Waals surface area contributed by atoms with E-state index in [-0.39, 0.29) is 12.3 Å². The Morgan fingerprint density at radius 1 is 1.29 bits per heavy atom. The highest BCUT2D eigenvalue weighted by molar-refractivity contribution is 5.94. The molecule has 0 heterocycles. The minimum absolute atomic E-state index is 0.0883. The number of amidine groups is 1. The highest BCUT2D eigenvalue weighted by atomic mass is 16.5. The summed E-state index contributed by atoms with van der Waals surface area (Å²) < 4.78 is 4.87. The number of ether oxygens (including phenoxy) is 1. The molecule has 4 heteroatoms. The van der Waals surface area contributed by atoms with E-state index in [0.29, 0.717) is 6.61 Å². The van der Waals surface area contributed by atoms with E-state index in [0.717, 1.165) is 12.8 Å². The predicted octanol–water partition coefficient (Wildman–Crippen LogP) is 1.83. The lowest BCUT2D eigenvalue weighted by Gasteiger charge is -2.03. The first kappa shape index (κ1) is 12.9. The third-order valence-corrected chi connectivity index (χ3v) is 1.85. The Bertz CT molecular complexity index is 181. The van der Waals surface area contributed by atoms with E-state index in [2.05, 4.69) is 6.92 Å². The van der Waals surface area contributed by atoms with E-state index in [1.807, 2.05) is 0 Å². The van der Waals surface area contributed by atoms with Crippen molar-refractivity contribution in [2.75, 3.05) is 6.61 Å². The highest BCUT2D eigenvalue weighted by Crippen LogP contribution is 2.02. The van der Waals surface area contributed by atoms with Gasteiger partial charge in [0.05, 0.1) is 6.61 Å². The van der Waals surface area contributed by atoms with Gasteiger partial charge in [-0.25, -0.2) is 0 Å². The summed E-state index contributed by atoms with van der Waals surface area (Å²) in [7, 11) is 0. The van der Waals surface area contributed by atoms with Crippen molar-refractivity contribution in [3.05, 3.63) is 0 Å². The van der Waals surface area contributed by atoms with Crippen LogP contribution in [-0.2, 0) is 9.53 Å². The minimum atomic E-state index is -0.395. The van der Waals surface area contributed by atoms with Crippen molar-refractivity contribution in [1.29, 1.82) is 5.41 Å². The van der Waals surface area contributed by atoms with E-state index >= 15 is 0 Å². The number of esters is 1. The summed E-state index contributed by atoms with van der Waals surface area (Å²) in [6, 6.07) is 0. The number of rotatable bonds is 8. The fourth-order valence-corrected chi connectivity index (χ4v) is 1.10. The van der Waals surface area contributed by atoms with Crippen LogP contribution in [-0.4, -0.2) is 18.4 Å². The topological polar surface area (TPSA) is 76.2 Å². The SMILES string of the molecule is CCCCCCCOC(=O)CC(=N)N. The first-order valence-electron chi connectivity index (χ1n) is 5.15. The summed E-state index contributed by atoms with van der Waals surface area (Å²) in [4.78, 5) is 10.9. The largest absolute Gasteiger partial charge is 0.465 e. The van der Waals surface area contributed by atoms with Gasteiger partial charge in [-0.15, -0.1) is 0 Å². The first-order valence-corrected chi connectivity index (χ1v) is 5.15. The van der Waals surface area contributed by atoms with Crippen molar-refractivity contribution < 1.29 is 9.53 Å². The van der Waals surface area contributed by atoms with Crippen LogP contribution in [0.3, 0.4) is 0 Å². The first-order chi connectivity index (χ1) is 6.66. The molecule has 0 bridgehead atoms. The van der Waals surface area contributed by atoms with Crippen LogP contribution in [0.2, 0.25) is 0 Å². The average molecular weight is 200 g/mol. The molecule has 0 aromatic rings. The van der Waals surface area contributed by atoms with Gasteiger partial charge in [0, 0.05) is 0 Å². The third kappa shape index (κ3) is 9.03. The quantitative estimate of drug-likeness (QED) is 0.271. The van der Waals surface area contributed by atoms with Crippen LogP contribution in [0.25, 0.3) is 0 Å². The molecule has 0 aliphatic heterocycles. The molecule has 0 unspecified atom stereocenters. The lowest BCUT2D eigenvalue weighted by atomic mass is 10.2. The Hall–Kier alpha value is -1.06. The van der Waals surface area contributed by atoms with Crippen molar-refractivity contribution in [1.82, 2.24) is 0 Å². The summed E-state index contributed by atoms with van der Waals surface area (Å²) >= 11 is 0. The summed E-state index contributed by atoms with van der Waals surface area (Å²) in [5.41, 5.74) is 5.05. The van der Waals surface area contributed by atoms with Crippen LogP contribution in [0.15, 0.2) is 0 Å². The maximum atomic E-state index is 10.9. The molecule has 0 aromatic carbocycles. The number of hydrogen-bond acceptors (Lipinski definition) is 3. The average Bonchev–Trinajstić information content (AvgIpc) is 2.10. The molecule has 0 fully saturated rings. The van der Waals surface area contributed by atoms with Crippen LogP contribution in [0.1, 0.15) is 45.4 Å². The van der Waals surface area contributed by atoms with Gasteiger partial charge in [0.1, 0.15) is 12.3 Å². The lowest BCUT2D eigenvalue weighted by molar-refractivity contribution is -0.142. The second kappa shape index (κ2) is 8.53. The maximum absolute atomic E-state index is 10.9. The predicted molar refractivity (Wildman–Crippen MR) is 56.2 cm³/mol. The van der Waals surface area contributed by atoms with Crippen molar-refractivity contribution in [2.45, 2.75) is 45.4 Å². The second-order valence-electron chi connectivity index (χ2n) is 3.34. The second-order valence-corrected chi connectivity index (χ2v) is 3.34. The molecule has 0 aromatic heterocycles. The van der Waals surface area contributed by atoms with E-state index in [1.54, 1.807) is 0 Å². The van der Waals surface area contributed by atoms with Crippen molar-refractivity contribution in [3.8, 4) is 0 Å². The van der Waals surface area contributed by atoms with Crippen molar-refractivity contribution in [3.63, 3.8) is 0 Å². The zero-order valence-corrected chi connectivity index (χ0v) is 8.84. The van der Waals surface area contributed by atoms with E-state index in [9.17, 15) is 4.79 Å². The summed E-state index contributed by atoms with van der Waals surface area (Å²) in [6.07, 6.45) is 5.56. The Balaban J connectivity index is 3.19. The van der Waals surface area contributed by atoms with Gasteiger partial charge in [-0.2, -0.15) is 0 Å². The molecule has 0 atom stereocenters. The highest BCUT2D eigenvalue weighted by Gasteiger charge is 2.03. The van der Waals surface area contributed by atoms with Gasteiger partial charge < -0.3 is 10.5 Å². The van der Waals surface area contributed by atoms with Crippen LogP contribution < -0.4 is 5.73 Å². The molecule has 0 aliphatic rings. The van der Waals surface area contributed by atoms with Gasteiger partial charge in [-0.1, -0.05) is 32.6 Å². The van der Waals surface area contributed by atoms with Gasteiger partial charge in [-0.05, 0) is 6.42 Å². The Labute approximate surface area is 85.3 Å². The number of unbranched alkanes of at least 4 members (excludes halogenated alkanes) is 4. The van der Waals surface area contributed by atoms with Gasteiger partial charge in [0.2, 0.25) is 0 Å². The van der Waals surface area contributed by atoms with Crippen LogP contribution in [0.5, 0.6) is 0 Å². The molecule has 0 spiro atoms. The Kier molecular flexibility index (Phi) is 7.89. The summed E-state index contributed by atoms with van der Waals surface area (Å²) in [6.45, 7) is 2.61. The standard InChI is InChI=1S/C10H20N2O2/c1-2-3-4-5-6-7-14-10(13)8-9(11)12/h2-8H2,1H3,(H3,11,12). The maximum Gasteiger partial charge on any atom is 0.313 e. The Morgan fingerprint density at radius 2 is 1.93 bits per heavy atom. The van der Waals surface area contributed by atoms with Crippen molar-refractivity contribution >= 4 is 11.8 Å². The van der Waals surface area contributed by atoms with Crippen LogP contribution >= 0.6 is 0 Å². The third-order valence-electron chi connectivity index (χ3n) is 1.85. The van der Waals surface area contributed by atoms with Crippen LogP contribution in [0.4, 0.5) is 0 Å². The smallest absolute Gasteiger partial charge is 0.313 e. The Morgan fingerprint density at radius 3 is 2.50 bits per heavy atom. The zero-order chi connectivity index (χ0) is 10.8. The molecule has 14 heavy (non-hydrogen) atoms. The number of nitrogens with two attached hydrogens (primary N) is 1. The molecule has 0 saturated heterocycles. The molecular formula is C10H20N2O2. The number of hydrogen-bond donors (Lipinski definition) is 2. The summed E-state index contributed by atoms with van der Waals surface area (Å²) in [5, 5.41) is 6.87. The van der Waals surface area contributed by atoms with Gasteiger partial charge >= 0.3 is 5.97 Å². The summed E-state index contributed by atoms with van der Waals surface area (Å²) in [5.74, 6) is -0.533. The lowest BCUT2D eigenvalue weighted by Crippen LogP contribution is -2.17.